The van der Waals surface area contributed by atoms with Gasteiger partial charge in [0.05, 0.1) is 18.2 Å². The molecule has 4 aromatic rings. The van der Waals surface area contributed by atoms with Crippen molar-refractivity contribution >= 4 is 17.7 Å². The maximum Gasteiger partial charge on any atom is 0.281 e. The van der Waals surface area contributed by atoms with E-state index in [1.165, 1.54) is 11.4 Å². The van der Waals surface area contributed by atoms with Crippen molar-refractivity contribution in [2.45, 2.75) is 25.3 Å². The minimum Gasteiger partial charge on any atom is -0.484 e. The van der Waals surface area contributed by atoms with Gasteiger partial charge in [0.1, 0.15) is 23.3 Å². The molecule has 0 saturated heterocycles. The Hall–Kier alpha value is -4.40. The number of nitrogens with zero attached hydrogens (tertiary/aromatic N) is 4. The number of carbonyl (C=O) groups is 1. The van der Waals surface area contributed by atoms with Crippen molar-refractivity contribution in [3.63, 3.8) is 0 Å². The van der Waals surface area contributed by atoms with E-state index >= 15 is 0 Å². The minimum absolute atomic E-state index is 0.0498. The van der Waals surface area contributed by atoms with Gasteiger partial charge in [-0.3, -0.25) is 4.79 Å². The lowest BCUT2D eigenvalue weighted by molar-refractivity contribution is -0.136. The molecule has 35 heavy (non-hydrogen) atoms. The van der Waals surface area contributed by atoms with Crippen molar-refractivity contribution in [1.29, 1.82) is 0 Å². The van der Waals surface area contributed by atoms with Gasteiger partial charge < -0.3 is 18.0 Å². The van der Waals surface area contributed by atoms with Gasteiger partial charge in [0, 0.05) is 11.5 Å². The van der Waals surface area contributed by atoms with Gasteiger partial charge in [0.15, 0.2) is 6.61 Å². The zero-order valence-electron chi connectivity index (χ0n) is 18.7. The maximum absolute atomic E-state index is 13.3. The Kier molecular flexibility index (Phi) is 5.50. The Morgan fingerprint density at radius 2 is 1.94 bits per heavy atom. The third kappa shape index (κ3) is 4.16. The third-order valence-corrected chi connectivity index (χ3v) is 6.28. The molecule has 2 unspecified atom stereocenters. The summed E-state index contributed by atoms with van der Waals surface area (Å²) < 4.78 is 22.2. The van der Waals surface area contributed by atoms with Crippen LogP contribution in [0.2, 0.25) is 0 Å². The number of allylic oxidation sites excluding steroid dienone is 1. The fourth-order valence-corrected chi connectivity index (χ4v) is 4.69. The molecule has 0 radical (unpaired) electrons. The summed E-state index contributed by atoms with van der Waals surface area (Å²) in [6, 6.07) is 14.3. The summed E-state index contributed by atoms with van der Waals surface area (Å²) in [6.45, 7) is -0.155. The SMILES string of the molecule is O=C(COc1ccc(-c2nnco2)cc1)N1N=C2/C(=C/c3ccco3)CCCC2C1c1ccco1. The van der Waals surface area contributed by atoms with Gasteiger partial charge in [-0.2, -0.15) is 5.10 Å². The first-order valence-electron chi connectivity index (χ1n) is 11.4. The average molecular weight is 470 g/mol. The van der Waals surface area contributed by atoms with Gasteiger partial charge in [-0.1, -0.05) is 0 Å². The van der Waals surface area contributed by atoms with Crippen LogP contribution in [-0.4, -0.2) is 33.4 Å². The molecule has 2 atom stereocenters. The van der Waals surface area contributed by atoms with Crippen molar-refractivity contribution in [3.8, 4) is 17.2 Å². The Bertz CT molecular complexity index is 1340. The molecule has 1 fully saturated rings. The highest BCUT2D eigenvalue weighted by Gasteiger charge is 2.45. The van der Waals surface area contributed by atoms with Crippen LogP contribution in [0.5, 0.6) is 5.75 Å². The van der Waals surface area contributed by atoms with Gasteiger partial charge in [-0.05, 0) is 79.4 Å². The van der Waals surface area contributed by atoms with E-state index in [1.807, 2.05) is 30.3 Å². The van der Waals surface area contributed by atoms with E-state index in [9.17, 15) is 4.79 Å². The number of aromatic nitrogens is 2. The average Bonchev–Trinajstić information content (AvgIpc) is 3.69. The summed E-state index contributed by atoms with van der Waals surface area (Å²) in [7, 11) is 0. The fourth-order valence-electron chi connectivity index (χ4n) is 4.69. The smallest absolute Gasteiger partial charge is 0.281 e. The number of furan rings is 2. The summed E-state index contributed by atoms with van der Waals surface area (Å²) in [4.78, 5) is 13.3. The second-order valence-electron chi connectivity index (χ2n) is 8.42. The molecule has 9 nitrogen and oxygen atoms in total. The number of benzene rings is 1. The number of hydrazone groups is 1. The predicted octanol–water partition coefficient (Wildman–Crippen LogP) is 5.12. The summed E-state index contributed by atoms with van der Waals surface area (Å²) in [5.41, 5.74) is 2.76. The zero-order chi connectivity index (χ0) is 23.6. The first-order valence-corrected chi connectivity index (χ1v) is 11.4. The first-order chi connectivity index (χ1) is 17.3. The van der Waals surface area contributed by atoms with Crippen LogP contribution in [-0.2, 0) is 4.79 Å². The Morgan fingerprint density at radius 3 is 2.69 bits per heavy atom. The molecule has 176 valence electrons. The van der Waals surface area contributed by atoms with E-state index in [0.29, 0.717) is 17.4 Å². The molecule has 6 rings (SSSR count). The van der Waals surface area contributed by atoms with Crippen molar-refractivity contribution < 1.29 is 22.8 Å². The molecular formula is C26H22N4O5. The molecule has 0 N–H and O–H groups in total. The lowest BCUT2D eigenvalue weighted by Gasteiger charge is -2.27. The van der Waals surface area contributed by atoms with Crippen LogP contribution in [0.4, 0.5) is 0 Å². The van der Waals surface area contributed by atoms with Crippen LogP contribution >= 0.6 is 0 Å². The second kappa shape index (κ2) is 9.09. The molecule has 1 amide bonds. The van der Waals surface area contributed by atoms with E-state index < -0.39 is 0 Å². The molecule has 1 saturated carbocycles. The fraction of sp³-hybridized carbons (Fsp3) is 0.231. The van der Waals surface area contributed by atoms with E-state index in [4.69, 9.17) is 23.1 Å². The molecule has 0 spiro atoms. The van der Waals surface area contributed by atoms with E-state index in [1.54, 1.807) is 36.8 Å². The molecule has 0 bridgehead atoms. The van der Waals surface area contributed by atoms with E-state index in [0.717, 1.165) is 41.9 Å². The lowest BCUT2D eigenvalue weighted by Crippen LogP contribution is -2.34. The van der Waals surface area contributed by atoms with Crippen LogP contribution in [0.25, 0.3) is 17.5 Å². The second-order valence-corrected chi connectivity index (χ2v) is 8.42. The molecule has 1 aliphatic carbocycles. The number of hydrogen-bond donors (Lipinski definition) is 0. The van der Waals surface area contributed by atoms with Gasteiger partial charge in [-0.15, -0.1) is 10.2 Å². The normalized spacial score (nSPS) is 20.6. The Balaban J connectivity index is 1.23. The van der Waals surface area contributed by atoms with Crippen molar-refractivity contribution in [3.05, 3.63) is 84.5 Å². The first kappa shape index (κ1) is 21.2. The standard InChI is InChI=1S/C26H22N4O5/c31-23(15-34-19-10-8-17(9-11-19)26-28-27-16-35-26)30-25(22-7-3-13-33-22)21-6-1-4-18(24(21)29-30)14-20-5-2-12-32-20/h2-3,5,7-14,16,21,25H,1,4,6,15H2/b18-14+. The summed E-state index contributed by atoms with van der Waals surface area (Å²) in [6.07, 6.45) is 9.36. The molecule has 3 aromatic heterocycles. The number of ether oxygens (including phenoxy) is 1. The highest BCUT2D eigenvalue weighted by Crippen LogP contribution is 2.44. The monoisotopic (exact) mass is 470 g/mol. The quantitative estimate of drug-likeness (QED) is 0.385. The molecule has 2 aliphatic rings. The van der Waals surface area contributed by atoms with Crippen molar-refractivity contribution in [1.82, 2.24) is 15.2 Å². The van der Waals surface area contributed by atoms with Crippen LogP contribution < -0.4 is 4.74 Å². The van der Waals surface area contributed by atoms with Crippen LogP contribution in [0.3, 0.4) is 0 Å². The number of fused-ring (bicyclic) bond motifs is 1. The molecular weight excluding hydrogens is 448 g/mol. The largest absolute Gasteiger partial charge is 0.484 e. The van der Waals surface area contributed by atoms with Crippen LogP contribution in [0.1, 0.15) is 36.8 Å². The number of carbonyl (C=O) groups excluding carboxylic acids is 1. The molecule has 9 heteroatoms. The van der Waals surface area contributed by atoms with Gasteiger partial charge in [0.25, 0.3) is 5.91 Å². The third-order valence-electron chi connectivity index (χ3n) is 6.28. The lowest BCUT2D eigenvalue weighted by atomic mass is 9.79. The Labute approximate surface area is 200 Å². The number of hydrogen-bond acceptors (Lipinski definition) is 8. The maximum atomic E-state index is 13.3. The summed E-state index contributed by atoms with van der Waals surface area (Å²) in [5.74, 6) is 2.27. The summed E-state index contributed by atoms with van der Waals surface area (Å²) >= 11 is 0. The highest BCUT2D eigenvalue weighted by atomic mass is 16.5. The minimum atomic E-state index is -0.309. The molecule has 4 heterocycles. The van der Waals surface area contributed by atoms with Gasteiger partial charge >= 0.3 is 0 Å². The van der Waals surface area contributed by atoms with E-state index in [2.05, 4.69) is 10.2 Å². The van der Waals surface area contributed by atoms with Gasteiger partial charge in [-0.25, -0.2) is 5.01 Å². The molecule has 1 aromatic carbocycles. The predicted molar refractivity (Wildman–Crippen MR) is 125 cm³/mol. The Morgan fingerprint density at radius 1 is 1.09 bits per heavy atom. The van der Waals surface area contributed by atoms with Crippen LogP contribution in [0.15, 0.2) is 91.4 Å². The number of amides is 1. The van der Waals surface area contributed by atoms with Crippen LogP contribution in [0, 0.1) is 5.92 Å². The zero-order valence-corrected chi connectivity index (χ0v) is 18.7. The topological polar surface area (TPSA) is 107 Å². The van der Waals surface area contributed by atoms with Crippen molar-refractivity contribution in [2.75, 3.05) is 6.61 Å². The number of rotatable bonds is 6. The van der Waals surface area contributed by atoms with E-state index in [-0.39, 0.29) is 24.5 Å². The highest BCUT2D eigenvalue weighted by molar-refractivity contribution is 6.08. The van der Waals surface area contributed by atoms with Gasteiger partial charge in [0.2, 0.25) is 12.3 Å². The van der Waals surface area contributed by atoms with Crippen molar-refractivity contribution in [2.24, 2.45) is 11.0 Å². The molecule has 1 aliphatic heterocycles. The summed E-state index contributed by atoms with van der Waals surface area (Å²) in [5, 5.41) is 13.9.